The Morgan fingerprint density at radius 2 is 1.72 bits per heavy atom. The van der Waals surface area contributed by atoms with E-state index in [2.05, 4.69) is 5.32 Å². The molecule has 0 aliphatic heterocycles. The summed E-state index contributed by atoms with van der Waals surface area (Å²) in [7, 11) is 1.79. The average molecular weight is 444 g/mol. The normalized spacial score (nSPS) is 14.2. The summed E-state index contributed by atoms with van der Waals surface area (Å²) >= 11 is 0. The molecular formula is C24H33N3O5. The predicted molar refractivity (Wildman–Crippen MR) is 125 cm³/mol. The fraction of sp³-hybridized carbons (Fsp3) is 0.458. The van der Waals surface area contributed by atoms with Gasteiger partial charge in [-0.15, -0.1) is 0 Å². The van der Waals surface area contributed by atoms with E-state index < -0.39 is 28.3 Å². The van der Waals surface area contributed by atoms with Gasteiger partial charge in [0.15, 0.2) is 0 Å². The van der Waals surface area contributed by atoms with Crippen LogP contribution in [0.5, 0.6) is 0 Å². The lowest BCUT2D eigenvalue weighted by Gasteiger charge is -2.35. The molecule has 2 atom stereocenters. The summed E-state index contributed by atoms with van der Waals surface area (Å²) in [5, 5.41) is 25.5. The number of hydrogen-bond donors (Lipinski definition) is 2. The van der Waals surface area contributed by atoms with Crippen molar-refractivity contribution >= 4 is 17.5 Å². The van der Waals surface area contributed by atoms with Crippen molar-refractivity contribution in [3.05, 3.63) is 70.3 Å². The highest BCUT2D eigenvalue weighted by molar-refractivity contribution is 5.68. The maximum Gasteiger partial charge on any atom is 0.407 e. The first-order valence-corrected chi connectivity index (χ1v) is 10.6. The van der Waals surface area contributed by atoms with E-state index in [0.29, 0.717) is 30.6 Å². The maximum atomic E-state index is 12.5. The largest absolute Gasteiger partial charge is 0.444 e. The number of nitrogens with zero attached hydrogens (tertiary/aromatic N) is 2. The van der Waals surface area contributed by atoms with E-state index >= 15 is 0 Å². The molecule has 0 saturated heterocycles. The molecule has 0 radical (unpaired) electrons. The minimum Gasteiger partial charge on any atom is -0.444 e. The van der Waals surface area contributed by atoms with E-state index in [-0.39, 0.29) is 5.69 Å². The van der Waals surface area contributed by atoms with Crippen LogP contribution in [-0.2, 0) is 10.3 Å². The monoisotopic (exact) mass is 443 g/mol. The molecule has 174 valence electrons. The van der Waals surface area contributed by atoms with Crippen molar-refractivity contribution in [3.8, 4) is 0 Å². The van der Waals surface area contributed by atoms with Gasteiger partial charge in [-0.05, 0) is 52.2 Å². The van der Waals surface area contributed by atoms with Crippen molar-refractivity contribution in [2.24, 2.45) is 0 Å². The number of nitro groups is 1. The van der Waals surface area contributed by atoms with Crippen LogP contribution >= 0.6 is 0 Å². The third-order valence-corrected chi connectivity index (χ3v) is 5.20. The van der Waals surface area contributed by atoms with Gasteiger partial charge in [-0.3, -0.25) is 10.1 Å². The molecular weight excluding hydrogens is 410 g/mol. The zero-order chi connectivity index (χ0) is 23.9. The molecule has 0 heterocycles. The van der Waals surface area contributed by atoms with Crippen LogP contribution in [-0.4, -0.2) is 41.4 Å². The maximum absolute atomic E-state index is 12.5. The molecule has 2 aromatic rings. The first-order chi connectivity index (χ1) is 14.9. The van der Waals surface area contributed by atoms with Gasteiger partial charge in [0.1, 0.15) is 16.9 Å². The molecule has 0 saturated carbocycles. The van der Waals surface area contributed by atoms with Gasteiger partial charge in [0, 0.05) is 19.7 Å². The van der Waals surface area contributed by atoms with E-state index in [1.807, 2.05) is 30.3 Å². The lowest BCUT2D eigenvalue weighted by Crippen LogP contribution is -2.50. The Kier molecular flexibility index (Phi) is 8.21. The van der Waals surface area contributed by atoms with E-state index in [4.69, 9.17) is 4.74 Å². The highest BCUT2D eigenvalue weighted by Gasteiger charge is 2.35. The van der Waals surface area contributed by atoms with Crippen molar-refractivity contribution in [2.75, 3.05) is 18.5 Å². The number of anilines is 1. The van der Waals surface area contributed by atoms with Crippen molar-refractivity contribution in [1.82, 2.24) is 5.32 Å². The van der Waals surface area contributed by atoms with Crippen molar-refractivity contribution in [1.29, 1.82) is 0 Å². The Bertz CT molecular complexity index is 909. The molecule has 8 nitrogen and oxygen atoms in total. The van der Waals surface area contributed by atoms with Crippen molar-refractivity contribution in [2.45, 2.75) is 57.8 Å². The van der Waals surface area contributed by atoms with E-state index in [0.717, 1.165) is 0 Å². The number of rotatable bonds is 9. The fourth-order valence-electron chi connectivity index (χ4n) is 3.51. The van der Waals surface area contributed by atoms with Gasteiger partial charge in [0.05, 0.1) is 11.0 Å². The predicted octanol–water partition coefficient (Wildman–Crippen LogP) is 4.61. The SMILES string of the molecule is CN(CCCC(NC(=O)OC(C)(C)C)[C@@](C)(O)c1ccccc1)c1ccccc1[N+](=O)[O-]. The molecule has 0 aliphatic rings. The van der Waals surface area contributed by atoms with Gasteiger partial charge in [0.2, 0.25) is 0 Å². The lowest BCUT2D eigenvalue weighted by atomic mass is 9.85. The van der Waals surface area contributed by atoms with Gasteiger partial charge in [-0.2, -0.15) is 0 Å². The number of nitro benzene ring substituents is 1. The highest BCUT2D eigenvalue weighted by atomic mass is 16.6. The smallest absolute Gasteiger partial charge is 0.407 e. The van der Waals surface area contributed by atoms with E-state index in [9.17, 15) is 20.0 Å². The summed E-state index contributed by atoms with van der Waals surface area (Å²) in [6.45, 7) is 7.49. The Hall–Kier alpha value is -3.13. The van der Waals surface area contributed by atoms with Crippen LogP contribution in [0.4, 0.5) is 16.2 Å². The zero-order valence-electron chi connectivity index (χ0n) is 19.4. The van der Waals surface area contributed by atoms with Crippen molar-refractivity contribution in [3.63, 3.8) is 0 Å². The molecule has 0 fully saturated rings. The fourth-order valence-corrected chi connectivity index (χ4v) is 3.51. The second kappa shape index (κ2) is 10.5. The van der Waals surface area contributed by atoms with Gasteiger partial charge in [-0.1, -0.05) is 42.5 Å². The molecule has 2 rings (SSSR count). The Morgan fingerprint density at radius 3 is 2.31 bits per heavy atom. The van der Waals surface area contributed by atoms with Crippen LogP contribution < -0.4 is 10.2 Å². The van der Waals surface area contributed by atoms with Crippen LogP contribution in [0, 0.1) is 10.1 Å². The van der Waals surface area contributed by atoms with Crippen LogP contribution in [0.25, 0.3) is 0 Å². The number of nitrogens with one attached hydrogen (secondary N) is 1. The van der Waals surface area contributed by atoms with Gasteiger partial charge in [0.25, 0.3) is 5.69 Å². The Labute approximate surface area is 189 Å². The standard InChI is InChI=1S/C24H33N3O5/c1-23(2,3)32-22(28)25-21(24(4,29)18-12-7-6-8-13-18)16-11-17-26(5)19-14-9-10-15-20(19)27(30)31/h6-10,12-15,21,29H,11,16-17H2,1-5H3,(H,25,28)/t21?,24-/m0/s1. The van der Waals surface area contributed by atoms with Crippen LogP contribution in [0.1, 0.15) is 46.1 Å². The third kappa shape index (κ3) is 6.95. The van der Waals surface area contributed by atoms with Crippen LogP contribution in [0.2, 0.25) is 0 Å². The number of aliphatic hydroxyl groups is 1. The summed E-state index contributed by atoms with van der Waals surface area (Å²) in [4.78, 5) is 25.2. The number of para-hydroxylation sites is 2. The topological polar surface area (TPSA) is 105 Å². The number of alkyl carbamates (subject to hydrolysis) is 1. The molecule has 1 unspecified atom stereocenters. The van der Waals surface area contributed by atoms with E-state index in [1.165, 1.54) is 6.07 Å². The molecule has 8 heteroatoms. The van der Waals surface area contributed by atoms with Crippen LogP contribution in [0.15, 0.2) is 54.6 Å². The minimum atomic E-state index is -1.34. The summed E-state index contributed by atoms with van der Waals surface area (Å²) in [6.07, 6.45) is 0.406. The highest BCUT2D eigenvalue weighted by Crippen LogP contribution is 2.29. The summed E-state index contributed by atoms with van der Waals surface area (Å²) in [5.74, 6) is 0. The molecule has 0 aromatic heterocycles. The molecule has 1 amide bonds. The van der Waals surface area contributed by atoms with Gasteiger partial charge in [-0.25, -0.2) is 4.79 Å². The number of carbonyl (C=O) groups excluding carboxylic acids is 1. The van der Waals surface area contributed by atoms with Gasteiger partial charge < -0.3 is 20.1 Å². The first kappa shape index (κ1) is 25.1. The van der Waals surface area contributed by atoms with Gasteiger partial charge >= 0.3 is 6.09 Å². The Morgan fingerprint density at radius 1 is 1.12 bits per heavy atom. The minimum absolute atomic E-state index is 0.0368. The van der Waals surface area contributed by atoms with Crippen LogP contribution in [0.3, 0.4) is 0 Å². The quantitative estimate of drug-likeness (QED) is 0.433. The van der Waals surface area contributed by atoms with E-state index in [1.54, 1.807) is 57.8 Å². The molecule has 2 aromatic carbocycles. The second-order valence-electron chi connectivity index (χ2n) is 9.02. The molecule has 32 heavy (non-hydrogen) atoms. The number of benzene rings is 2. The number of amides is 1. The summed E-state index contributed by atoms with van der Waals surface area (Å²) < 4.78 is 5.39. The first-order valence-electron chi connectivity index (χ1n) is 10.6. The molecule has 0 bridgehead atoms. The van der Waals surface area contributed by atoms with Crippen molar-refractivity contribution < 1.29 is 19.6 Å². The summed E-state index contributed by atoms with van der Waals surface area (Å²) in [6, 6.07) is 15.1. The number of carbonyl (C=O) groups is 1. The second-order valence-corrected chi connectivity index (χ2v) is 9.02. The Balaban J connectivity index is 2.14. The average Bonchev–Trinajstić information content (AvgIpc) is 2.72. The number of hydrogen-bond acceptors (Lipinski definition) is 6. The third-order valence-electron chi connectivity index (χ3n) is 5.20. The molecule has 0 aliphatic carbocycles. The molecule has 0 spiro atoms. The summed E-state index contributed by atoms with van der Waals surface area (Å²) in [5.41, 5.74) is -0.776. The molecule has 2 N–H and O–H groups in total. The zero-order valence-corrected chi connectivity index (χ0v) is 19.4. The number of ether oxygens (including phenoxy) is 1. The lowest BCUT2D eigenvalue weighted by molar-refractivity contribution is -0.384.